The molecule has 12 nitrogen and oxygen atoms in total. The van der Waals surface area contributed by atoms with Crippen LogP contribution in [0.5, 0.6) is 0 Å². The summed E-state index contributed by atoms with van der Waals surface area (Å²) in [5.74, 6) is -0.316. The van der Waals surface area contributed by atoms with Crippen LogP contribution in [0.4, 0.5) is 9.59 Å². The second-order valence-electron chi connectivity index (χ2n) is 10.4. The molecule has 3 rings (SSSR count). The topological polar surface area (TPSA) is 142 Å². The SMILES string of the molecule is COC(=O)CCN1CCN(CC2CN(C3CCN(C(=O)OC(C)(C)C)C(C(=N)N)C3)C(=O)O2)CC1. The predicted octanol–water partition coefficient (Wildman–Crippen LogP) is 0.692. The number of carbonyl (C=O) groups is 3. The highest BCUT2D eigenvalue weighted by molar-refractivity contribution is 5.87. The number of piperazine rings is 1. The van der Waals surface area contributed by atoms with Crippen LogP contribution in [0.1, 0.15) is 40.0 Å². The minimum absolute atomic E-state index is 0.116. The fraction of sp³-hybridized carbons (Fsp3) is 0.826. The molecule has 3 unspecified atom stereocenters. The summed E-state index contributed by atoms with van der Waals surface area (Å²) in [6.45, 7) is 10.9. The van der Waals surface area contributed by atoms with E-state index in [-0.39, 0.29) is 30.0 Å². The number of amides is 2. The maximum Gasteiger partial charge on any atom is 0.410 e. The molecular formula is C23H40N6O6. The van der Waals surface area contributed by atoms with Crippen molar-refractivity contribution < 1.29 is 28.6 Å². The zero-order valence-corrected chi connectivity index (χ0v) is 21.3. The van der Waals surface area contributed by atoms with Gasteiger partial charge in [0.15, 0.2) is 0 Å². The molecule has 0 radical (unpaired) electrons. The van der Waals surface area contributed by atoms with Gasteiger partial charge in [-0.15, -0.1) is 0 Å². The van der Waals surface area contributed by atoms with Gasteiger partial charge in [-0.25, -0.2) is 9.59 Å². The molecule has 0 saturated carbocycles. The molecule has 2 amide bonds. The van der Waals surface area contributed by atoms with Crippen LogP contribution in [0, 0.1) is 5.41 Å². The Morgan fingerprint density at radius 2 is 1.80 bits per heavy atom. The number of nitrogens with two attached hydrogens (primary N) is 1. The molecule has 0 bridgehead atoms. The summed E-state index contributed by atoms with van der Waals surface area (Å²) in [5, 5.41) is 8.00. The van der Waals surface area contributed by atoms with Gasteiger partial charge < -0.3 is 29.7 Å². The summed E-state index contributed by atoms with van der Waals surface area (Å²) in [6.07, 6.45) is 0.260. The number of hydrogen-bond donors (Lipinski definition) is 2. The van der Waals surface area contributed by atoms with E-state index in [2.05, 4.69) is 9.80 Å². The fourth-order valence-electron chi connectivity index (χ4n) is 4.83. The summed E-state index contributed by atoms with van der Waals surface area (Å²) in [6, 6.07) is -0.774. The van der Waals surface area contributed by atoms with Gasteiger partial charge in [0.2, 0.25) is 0 Å². The Hall–Kier alpha value is -2.60. The van der Waals surface area contributed by atoms with Gasteiger partial charge >= 0.3 is 18.2 Å². The average molecular weight is 497 g/mol. The summed E-state index contributed by atoms with van der Waals surface area (Å²) in [4.78, 5) is 44.4. The van der Waals surface area contributed by atoms with Crippen LogP contribution in [0.15, 0.2) is 0 Å². The van der Waals surface area contributed by atoms with Crippen LogP contribution in [0.2, 0.25) is 0 Å². The first-order valence-electron chi connectivity index (χ1n) is 12.3. The third-order valence-corrected chi connectivity index (χ3v) is 6.69. The summed E-state index contributed by atoms with van der Waals surface area (Å²) in [7, 11) is 1.40. The van der Waals surface area contributed by atoms with E-state index in [1.807, 2.05) is 0 Å². The lowest BCUT2D eigenvalue weighted by Gasteiger charge is -2.41. The third kappa shape index (κ3) is 7.44. The van der Waals surface area contributed by atoms with Gasteiger partial charge in [-0.1, -0.05) is 0 Å². The first-order chi connectivity index (χ1) is 16.5. The summed E-state index contributed by atoms with van der Waals surface area (Å²) >= 11 is 0. The van der Waals surface area contributed by atoms with Gasteiger partial charge in [-0.3, -0.25) is 20.0 Å². The monoisotopic (exact) mass is 496 g/mol. The zero-order chi connectivity index (χ0) is 25.8. The zero-order valence-electron chi connectivity index (χ0n) is 21.3. The smallest absolute Gasteiger partial charge is 0.410 e. The highest BCUT2D eigenvalue weighted by atomic mass is 16.6. The van der Waals surface area contributed by atoms with Crippen molar-refractivity contribution in [3.8, 4) is 0 Å². The van der Waals surface area contributed by atoms with Crippen LogP contribution >= 0.6 is 0 Å². The minimum Gasteiger partial charge on any atom is -0.469 e. The van der Waals surface area contributed by atoms with Gasteiger partial charge in [0.1, 0.15) is 17.5 Å². The van der Waals surface area contributed by atoms with Crippen molar-refractivity contribution in [2.24, 2.45) is 5.73 Å². The number of amidine groups is 1. The molecule has 0 aromatic heterocycles. The number of nitrogens with zero attached hydrogens (tertiary/aromatic N) is 4. The quantitative estimate of drug-likeness (QED) is 0.225. The van der Waals surface area contributed by atoms with Crippen LogP contribution in [-0.2, 0) is 19.0 Å². The lowest BCUT2D eigenvalue weighted by molar-refractivity contribution is -0.141. The average Bonchev–Trinajstić information content (AvgIpc) is 3.16. The fourth-order valence-corrected chi connectivity index (χ4v) is 4.83. The molecule has 198 valence electrons. The summed E-state index contributed by atoms with van der Waals surface area (Å²) < 4.78 is 15.8. The van der Waals surface area contributed by atoms with Gasteiger partial charge in [0, 0.05) is 51.9 Å². The Bertz CT molecular complexity index is 794. The van der Waals surface area contributed by atoms with Crippen LogP contribution in [0.25, 0.3) is 0 Å². The highest BCUT2D eigenvalue weighted by Gasteiger charge is 2.43. The Kier molecular flexibility index (Phi) is 8.81. The van der Waals surface area contributed by atoms with E-state index in [9.17, 15) is 14.4 Å². The molecule has 0 aromatic rings. The molecule has 3 N–H and O–H groups in total. The van der Waals surface area contributed by atoms with Crippen molar-refractivity contribution in [3.63, 3.8) is 0 Å². The first kappa shape index (κ1) is 27.0. The maximum atomic E-state index is 12.7. The lowest BCUT2D eigenvalue weighted by Crippen LogP contribution is -2.57. The normalized spacial score (nSPS) is 26.4. The lowest BCUT2D eigenvalue weighted by atomic mass is 9.95. The van der Waals surface area contributed by atoms with E-state index >= 15 is 0 Å². The van der Waals surface area contributed by atoms with Crippen LogP contribution in [0.3, 0.4) is 0 Å². The van der Waals surface area contributed by atoms with E-state index in [0.29, 0.717) is 45.4 Å². The number of esters is 1. The molecule has 3 fully saturated rings. The molecule has 12 heteroatoms. The van der Waals surface area contributed by atoms with Crippen molar-refractivity contribution in [1.82, 2.24) is 19.6 Å². The second-order valence-corrected chi connectivity index (χ2v) is 10.4. The predicted molar refractivity (Wildman–Crippen MR) is 128 cm³/mol. The number of piperidine rings is 1. The van der Waals surface area contributed by atoms with E-state index in [1.165, 1.54) is 12.0 Å². The minimum atomic E-state index is -0.645. The molecule has 35 heavy (non-hydrogen) atoms. The number of hydrogen-bond acceptors (Lipinski definition) is 9. The number of likely N-dealkylation sites (tertiary alicyclic amines) is 1. The van der Waals surface area contributed by atoms with E-state index in [1.54, 1.807) is 25.7 Å². The van der Waals surface area contributed by atoms with Crippen molar-refractivity contribution in [1.29, 1.82) is 5.41 Å². The molecule has 3 saturated heterocycles. The molecule has 3 aliphatic rings. The molecule has 0 aliphatic carbocycles. The van der Waals surface area contributed by atoms with Gasteiger partial charge in [0.25, 0.3) is 0 Å². The van der Waals surface area contributed by atoms with Crippen molar-refractivity contribution in [3.05, 3.63) is 0 Å². The standard InChI is InChI=1S/C23H40N6O6/c1-23(2,3)35-22(32)28-8-5-16(13-18(28)20(24)25)29-15-17(34-21(29)31)14-27-11-9-26(10-12-27)7-6-19(30)33-4/h16-18H,5-15H2,1-4H3,(H3,24,25). The number of methoxy groups -OCH3 is 1. The molecule has 3 heterocycles. The highest BCUT2D eigenvalue weighted by Crippen LogP contribution is 2.27. The molecular weight excluding hydrogens is 456 g/mol. The van der Waals surface area contributed by atoms with Crippen molar-refractivity contribution in [2.45, 2.75) is 63.8 Å². The molecule has 0 spiro atoms. The van der Waals surface area contributed by atoms with E-state index in [4.69, 9.17) is 25.4 Å². The number of carbonyl (C=O) groups excluding carboxylic acids is 3. The number of nitrogens with one attached hydrogen (secondary N) is 1. The number of rotatable bonds is 7. The third-order valence-electron chi connectivity index (χ3n) is 6.69. The van der Waals surface area contributed by atoms with E-state index in [0.717, 1.165) is 26.2 Å². The molecule has 3 atom stereocenters. The van der Waals surface area contributed by atoms with Crippen LogP contribution in [-0.4, -0.2) is 127 Å². The Balaban J connectivity index is 1.49. The van der Waals surface area contributed by atoms with Gasteiger partial charge in [-0.2, -0.15) is 0 Å². The van der Waals surface area contributed by atoms with Gasteiger partial charge in [0.05, 0.1) is 26.1 Å². The van der Waals surface area contributed by atoms with Crippen molar-refractivity contribution >= 4 is 24.0 Å². The van der Waals surface area contributed by atoms with Gasteiger partial charge in [-0.05, 0) is 33.6 Å². The number of cyclic esters (lactones) is 1. The second kappa shape index (κ2) is 11.4. The molecule has 3 aliphatic heterocycles. The maximum absolute atomic E-state index is 12.7. The molecule has 0 aromatic carbocycles. The first-order valence-corrected chi connectivity index (χ1v) is 12.3. The Morgan fingerprint density at radius 1 is 1.14 bits per heavy atom. The summed E-state index contributed by atoms with van der Waals surface area (Å²) in [5.41, 5.74) is 5.18. The number of ether oxygens (including phenoxy) is 3. The van der Waals surface area contributed by atoms with Crippen molar-refractivity contribution in [2.75, 3.05) is 59.5 Å². The van der Waals surface area contributed by atoms with E-state index < -0.39 is 17.7 Å². The largest absolute Gasteiger partial charge is 0.469 e. The Labute approximate surface area is 207 Å². The Morgan fingerprint density at radius 3 is 2.40 bits per heavy atom. The van der Waals surface area contributed by atoms with Crippen LogP contribution < -0.4 is 5.73 Å².